The number of guanidine groups is 1. The van der Waals surface area contributed by atoms with Crippen LogP contribution >= 0.6 is 0 Å². The van der Waals surface area contributed by atoms with E-state index in [4.69, 9.17) is 5.73 Å². The number of rotatable bonds is 4. The third-order valence-corrected chi connectivity index (χ3v) is 2.12. The summed E-state index contributed by atoms with van der Waals surface area (Å²) < 4.78 is 4.50. The summed E-state index contributed by atoms with van der Waals surface area (Å²) in [6.45, 7) is 2.31. The number of aryl methyl sites for hydroxylation is 1. The number of hydrogen-bond acceptors (Lipinski definition) is 3. The second kappa shape index (κ2) is 6.52. The Morgan fingerprint density at radius 3 is 2.94 bits per heavy atom. The van der Waals surface area contributed by atoms with Gasteiger partial charge in [-0.2, -0.15) is 0 Å². The summed E-state index contributed by atoms with van der Waals surface area (Å²) in [6, 6.07) is 7.79. The van der Waals surface area contributed by atoms with Gasteiger partial charge in [0, 0.05) is 5.69 Å². The Hall–Kier alpha value is -2.04. The van der Waals surface area contributed by atoms with Crippen LogP contribution in [0.4, 0.5) is 5.69 Å². The molecule has 3 N–H and O–H groups in total. The van der Waals surface area contributed by atoms with Crippen LogP contribution < -0.4 is 11.1 Å². The first-order valence-corrected chi connectivity index (χ1v) is 5.32. The Bertz CT molecular complexity index is 416. The molecule has 17 heavy (non-hydrogen) atoms. The second-order valence-electron chi connectivity index (χ2n) is 3.59. The van der Waals surface area contributed by atoms with Crippen molar-refractivity contribution in [2.45, 2.75) is 13.3 Å². The average Bonchev–Trinajstić information content (AvgIpc) is 2.28. The summed E-state index contributed by atoms with van der Waals surface area (Å²) in [6.07, 6.45) is 0.229. The first kappa shape index (κ1) is 13.0. The molecule has 1 aromatic carbocycles. The quantitative estimate of drug-likeness (QED) is 0.468. The molecular weight excluding hydrogens is 218 g/mol. The van der Waals surface area contributed by atoms with Gasteiger partial charge in [0.05, 0.1) is 20.1 Å². The molecule has 0 aromatic heterocycles. The molecular formula is C12H17N3O2. The molecule has 0 fully saturated rings. The fraction of sp³-hybridized carbons (Fsp3) is 0.333. The fourth-order valence-corrected chi connectivity index (χ4v) is 1.28. The van der Waals surface area contributed by atoms with Gasteiger partial charge < -0.3 is 15.8 Å². The maximum atomic E-state index is 10.8. The summed E-state index contributed by atoms with van der Waals surface area (Å²) in [5.41, 5.74) is 7.69. The number of methoxy groups -OCH3 is 1. The number of carbonyl (C=O) groups is 1. The van der Waals surface area contributed by atoms with Crippen molar-refractivity contribution in [3.05, 3.63) is 29.8 Å². The fourth-order valence-electron chi connectivity index (χ4n) is 1.28. The van der Waals surface area contributed by atoms with Gasteiger partial charge in [0.2, 0.25) is 0 Å². The van der Waals surface area contributed by atoms with Crippen molar-refractivity contribution < 1.29 is 9.53 Å². The van der Waals surface area contributed by atoms with Crippen LogP contribution in [0, 0.1) is 6.92 Å². The number of carbonyl (C=O) groups excluding carboxylic acids is 1. The van der Waals surface area contributed by atoms with Crippen LogP contribution in [0.1, 0.15) is 12.0 Å². The maximum Gasteiger partial charge on any atom is 0.307 e. The van der Waals surface area contributed by atoms with E-state index in [-0.39, 0.29) is 12.4 Å². The third kappa shape index (κ3) is 5.01. The van der Waals surface area contributed by atoms with E-state index in [1.54, 1.807) is 0 Å². The molecule has 0 bridgehead atoms. The van der Waals surface area contributed by atoms with E-state index in [9.17, 15) is 4.79 Å². The lowest BCUT2D eigenvalue weighted by Crippen LogP contribution is -2.23. The van der Waals surface area contributed by atoms with E-state index >= 15 is 0 Å². The van der Waals surface area contributed by atoms with Gasteiger partial charge in [0.15, 0.2) is 5.96 Å². The Balaban J connectivity index is 2.45. The minimum absolute atomic E-state index is 0.229. The van der Waals surface area contributed by atoms with Gasteiger partial charge in [-0.3, -0.25) is 9.79 Å². The van der Waals surface area contributed by atoms with Crippen LogP contribution in [0.5, 0.6) is 0 Å². The number of hydrogen-bond donors (Lipinski definition) is 2. The molecule has 0 atom stereocenters. The van der Waals surface area contributed by atoms with Crippen molar-refractivity contribution in [2.24, 2.45) is 10.7 Å². The maximum absolute atomic E-state index is 10.8. The zero-order chi connectivity index (χ0) is 12.7. The first-order valence-electron chi connectivity index (χ1n) is 5.32. The molecule has 0 amide bonds. The van der Waals surface area contributed by atoms with Gasteiger partial charge in [-0.15, -0.1) is 0 Å². The van der Waals surface area contributed by atoms with E-state index in [2.05, 4.69) is 15.0 Å². The van der Waals surface area contributed by atoms with Crippen molar-refractivity contribution in [3.8, 4) is 0 Å². The minimum Gasteiger partial charge on any atom is -0.469 e. The smallest absolute Gasteiger partial charge is 0.307 e. The molecule has 0 unspecified atom stereocenters. The molecule has 0 saturated heterocycles. The number of nitrogens with zero attached hydrogens (tertiary/aromatic N) is 1. The zero-order valence-corrected chi connectivity index (χ0v) is 10.1. The van der Waals surface area contributed by atoms with E-state index in [0.29, 0.717) is 12.5 Å². The molecule has 0 spiro atoms. The number of anilines is 1. The lowest BCUT2D eigenvalue weighted by molar-refractivity contribution is -0.140. The third-order valence-electron chi connectivity index (χ3n) is 2.12. The van der Waals surface area contributed by atoms with Crippen LogP contribution in [0.15, 0.2) is 29.3 Å². The first-order chi connectivity index (χ1) is 8.11. The highest BCUT2D eigenvalue weighted by Crippen LogP contribution is 2.08. The summed E-state index contributed by atoms with van der Waals surface area (Å²) in [4.78, 5) is 14.9. The molecule has 1 aromatic rings. The SMILES string of the molecule is COC(=O)CCN=C(N)Nc1cccc(C)c1. The number of nitrogens with one attached hydrogen (secondary N) is 1. The van der Waals surface area contributed by atoms with Gasteiger partial charge in [0.25, 0.3) is 0 Å². The van der Waals surface area contributed by atoms with E-state index in [1.807, 2.05) is 31.2 Å². The predicted octanol–water partition coefficient (Wildman–Crippen LogP) is 1.28. The van der Waals surface area contributed by atoms with Crippen LogP contribution in [0.2, 0.25) is 0 Å². The van der Waals surface area contributed by atoms with Gasteiger partial charge in [-0.05, 0) is 24.6 Å². The minimum atomic E-state index is -0.294. The van der Waals surface area contributed by atoms with E-state index in [0.717, 1.165) is 11.3 Å². The molecule has 0 radical (unpaired) electrons. The largest absolute Gasteiger partial charge is 0.469 e. The second-order valence-corrected chi connectivity index (χ2v) is 3.59. The topological polar surface area (TPSA) is 76.7 Å². The van der Waals surface area contributed by atoms with Gasteiger partial charge in [-0.25, -0.2) is 0 Å². The normalized spacial score (nSPS) is 11.1. The van der Waals surface area contributed by atoms with Gasteiger partial charge >= 0.3 is 5.97 Å². The number of aliphatic imine (C=N–C) groups is 1. The highest BCUT2D eigenvalue weighted by Gasteiger charge is 1.99. The van der Waals surface area contributed by atoms with E-state index < -0.39 is 0 Å². The molecule has 0 heterocycles. The van der Waals surface area contributed by atoms with Crippen LogP contribution in [-0.4, -0.2) is 25.6 Å². The number of nitrogens with two attached hydrogens (primary N) is 1. The lowest BCUT2D eigenvalue weighted by Gasteiger charge is -2.06. The lowest BCUT2D eigenvalue weighted by atomic mass is 10.2. The van der Waals surface area contributed by atoms with Crippen LogP contribution in [0.3, 0.4) is 0 Å². The Kier molecular flexibility index (Phi) is 5.00. The van der Waals surface area contributed by atoms with E-state index in [1.165, 1.54) is 7.11 Å². The van der Waals surface area contributed by atoms with Crippen molar-refractivity contribution in [3.63, 3.8) is 0 Å². The Morgan fingerprint density at radius 1 is 1.53 bits per heavy atom. The molecule has 5 heteroatoms. The number of benzene rings is 1. The van der Waals surface area contributed by atoms with Gasteiger partial charge in [0.1, 0.15) is 0 Å². The average molecular weight is 235 g/mol. The highest BCUT2D eigenvalue weighted by molar-refractivity contribution is 5.92. The standard InChI is InChI=1S/C12H17N3O2/c1-9-4-3-5-10(8-9)15-12(13)14-7-6-11(16)17-2/h3-5,8H,6-7H2,1-2H3,(H3,13,14,15). The molecule has 92 valence electrons. The molecule has 0 aliphatic heterocycles. The molecule has 1 rings (SSSR count). The van der Waals surface area contributed by atoms with Crippen LogP contribution in [-0.2, 0) is 9.53 Å². The predicted molar refractivity (Wildman–Crippen MR) is 67.9 cm³/mol. The van der Waals surface area contributed by atoms with Crippen molar-refractivity contribution in [1.29, 1.82) is 0 Å². The summed E-state index contributed by atoms with van der Waals surface area (Å²) in [5, 5.41) is 2.95. The highest BCUT2D eigenvalue weighted by atomic mass is 16.5. The molecule has 0 aliphatic carbocycles. The van der Waals surface area contributed by atoms with Crippen LogP contribution in [0.25, 0.3) is 0 Å². The summed E-state index contributed by atoms with van der Waals surface area (Å²) in [7, 11) is 1.35. The summed E-state index contributed by atoms with van der Waals surface area (Å²) in [5.74, 6) is -0.00314. The van der Waals surface area contributed by atoms with Gasteiger partial charge in [-0.1, -0.05) is 12.1 Å². The Labute approximate surface area is 101 Å². The molecule has 5 nitrogen and oxygen atoms in total. The number of ether oxygens (including phenoxy) is 1. The summed E-state index contributed by atoms with van der Waals surface area (Å²) >= 11 is 0. The monoisotopic (exact) mass is 235 g/mol. The molecule has 0 aliphatic rings. The number of esters is 1. The van der Waals surface area contributed by atoms with Crippen molar-refractivity contribution in [1.82, 2.24) is 0 Å². The zero-order valence-electron chi connectivity index (χ0n) is 10.1. The Morgan fingerprint density at radius 2 is 2.29 bits per heavy atom. The van der Waals surface area contributed by atoms with Crippen molar-refractivity contribution in [2.75, 3.05) is 19.0 Å². The van der Waals surface area contributed by atoms with Crippen molar-refractivity contribution >= 4 is 17.6 Å². The molecule has 0 saturated carbocycles.